The Morgan fingerprint density at radius 3 is 2.39 bits per heavy atom. The number of para-hydroxylation sites is 1. The molecule has 0 bridgehead atoms. The minimum Gasteiger partial charge on any atom is -0.290 e. The maximum atomic E-state index is 10.5. The molecule has 6 heteroatoms. The number of rotatable bonds is 4. The second-order valence-corrected chi connectivity index (χ2v) is 3.76. The quantitative estimate of drug-likeness (QED) is 0.481. The molecule has 0 aliphatic rings. The number of halogens is 1. The van der Waals surface area contributed by atoms with Crippen LogP contribution in [0.3, 0.4) is 0 Å². The van der Waals surface area contributed by atoms with E-state index in [1.54, 1.807) is 24.3 Å². The van der Waals surface area contributed by atoms with E-state index in [4.69, 9.17) is 21.4 Å². The van der Waals surface area contributed by atoms with Gasteiger partial charge < -0.3 is 0 Å². The van der Waals surface area contributed by atoms with Crippen molar-refractivity contribution < 1.29 is 14.7 Å². The van der Waals surface area contributed by atoms with E-state index in [0.29, 0.717) is 5.75 Å². The number of non-ortho nitro benzene ring substituents is 1. The third kappa shape index (κ3) is 2.89. The zero-order valence-corrected chi connectivity index (χ0v) is 9.83. The summed E-state index contributed by atoms with van der Waals surface area (Å²) < 4.78 is 0. The number of nitro groups is 1. The molecule has 0 aliphatic carbocycles. The first-order chi connectivity index (χ1) is 8.66. The van der Waals surface area contributed by atoms with Gasteiger partial charge in [0, 0.05) is 12.1 Å². The Kier molecular flexibility index (Phi) is 3.64. The predicted molar refractivity (Wildman–Crippen MR) is 65.8 cm³/mol. The van der Waals surface area contributed by atoms with Gasteiger partial charge in [-0.3, -0.25) is 19.9 Å². The van der Waals surface area contributed by atoms with Gasteiger partial charge in [0.1, 0.15) is 0 Å². The fourth-order valence-corrected chi connectivity index (χ4v) is 1.45. The second-order valence-electron chi connectivity index (χ2n) is 3.35. The Labute approximate surface area is 108 Å². The lowest BCUT2D eigenvalue weighted by Gasteiger charge is -2.06. The topological polar surface area (TPSA) is 61.6 Å². The molecule has 0 atom stereocenters. The van der Waals surface area contributed by atoms with Gasteiger partial charge in [-0.25, -0.2) is 0 Å². The molecule has 0 aliphatic heterocycles. The third-order valence-electron chi connectivity index (χ3n) is 2.10. The molecule has 2 aromatic rings. The minimum atomic E-state index is -0.534. The molecule has 0 heterocycles. The second kappa shape index (κ2) is 5.37. The molecule has 18 heavy (non-hydrogen) atoms. The van der Waals surface area contributed by atoms with Crippen LogP contribution in [0.2, 0.25) is 5.02 Å². The summed E-state index contributed by atoms with van der Waals surface area (Å²) in [5, 5.41) is 10.6. The molecule has 0 saturated carbocycles. The Morgan fingerprint density at radius 2 is 1.78 bits per heavy atom. The SMILES string of the molecule is O=[N+]([O-])c1ccc(OOc2ccccc2)c(Cl)c1. The van der Waals surface area contributed by atoms with Crippen LogP contribution in [0.25, 0.3) is 0 Å². The van der Waals surface area contributed by atoms with Gasteiger partial charge in [0.05, 0.1) is 9.95 Å². The van der Waals surface area contributed by atoms with Crippen LogP contribution < -0.4 is 9.78 Å². The van der Waals surface area contributed by atoms with Crippen molar-refractivity contribution in [1.29, 1.82) is 0 Å². The average molecular weight is 266 g/mol. The van der Waals surface area contributed by atoms with Gasteiger partial charge in [-0.15, -0.1) is 0 Å². The van der Waals surface area contributed by atoms with E-state index in [1.165, 1.54) is 18.2 Å². The van der Waals surface area contributed by atoms with Gasteiger partial charge in [-0.05, 0) is 18.2 Å². The summed E-state index contributed by atoms with van der Waals surface area (Å²) in [6, 6.07) is 12.7. The van der Waals surface area contributed by atoms with E-state index in [1.807, 2.05) is 6.07 Å². The van der Waals surface area contributed by atoms with Crippen molar-refractivity contribution in [1.82, 2.24) is 0 Å². The zero-order chi connectivity index (χ0) is 13.0. The molecule has 0 saturated heterocycles. The van der Waals surface area contributed by atoms with Gasteiger partial charge in [0.25, 0.3) is 5.69 Å². The average Bonchev–Trinajstić information content (AvgIpc) is 2.38. The van der Waals surface area contributed by atoms with Gasteiger partial charge >= 0.3 is 0 Å². The first-order valence-electron chi connectivity index (χ1n) is 5.00. The molecule has 0 amide bonds. The molecular weight excluding hydrogens is 258 g/mol. The van der Waals surface area contributed by atoms with Crippen molar-refractivity contribution in [2.24, 2.45) is 0 Å². The Morgan fingerprint density at radius 1 is 1.06 bits per heavy atom. The molecule has 0 unspecified atom stereocenters. The maximum absolute atomic E-state index is 10.5. The molecular formula is C12H8ClNO4. The van der Waals surface area contributed by atoms with Crippen LogP contribution in [0.15, 0.2) is 48.5 Å². The summed E-state index contributed by atoms with van der Waals surface area (Å²) >= 11 is 5.83. The highest BCUT2D eigenvalue weighted by atomic mass is 35.5. The standard InChI is InChI=1S/C12H8ClNO4/c13-11-8-9(14(15)16)6-7-12(11)18-17-10-4-2-1-3-5-10/h1-8H. The van der Waals surface area contributed by atoms with Crippen LogP contribution in [0.1, 0.15) is 0 Å². The lowest BCUT2D eigenvalue weighted by Crippen LogP contribution is -2.01. The molecule has 2 aromatic carbocycles. The molecule has 2 rings (SSSR count). The van der Waals surface area contributed by atoms with Gasteiger partial charge in [0.15, 0.2) is 11.5 Å². The van der Waals surface area contributed by atoms with Crippen molar-refractivity contribution in [2.75, 3.05) is 0 Å². The van der Waals surface area contributed by atoms with E-state index in [-0.39, 0.29) is 16.5 Å². The number of hydrogen-bond donors (Lipinski definition) is 0. The summed E-state index contributed by atoms with van der Waals surface area (Å²) in [6.07, 6.45) is 0. The van der Waals surface area contributed by atoms with Crippen molar-refractivity contribution in [3.05, 3.63) is 63.7 Å². The number of nitro benzene ring substituents is 1. The molecule has 92 valence electrons. The Hall–Kier alpha value is -2.27. The fraction of sp³-hybridized carbons (Fsp3) is 0. The molecule has 0 radical (unpaired) electrons. The Bertz CT molecular complexity index is 559. The summed E-state index contributed by atoms with van der Waals surface area (Å²) in [4.78, 5) is 20.0. The normalized spacial score (nSPS) is 9.83. The molecule has 5 nitrogen and oxygen atoms in total. The maximum Gasteiger partial charge on any atom is 0.271 e. The van der Waals surface area contributed by atoms with Crippen molar-refractivity contribution in [3.8, 4) is 11.5 Å². The van der Waals surface area contributed by atoms with E-state index in [2.05, 4.69) is 0 Å². The van der Waals surface area contributed by atoms with Crippen molar-refractivity contribution in [3.63, 3.8) is 0 Å². The number of nitrogens with zero attached hydrogens (tertiary/aromatic N) is 1. The van der Waals surface area contributed by atoms with E-state index in [0.717, 1.165) is 0 Å². The lowest BCUT2D eigenvalue weighted by molar-refractivity contribution is -0.384. The van der Waals surface area contributed by atoms with E-state index in [9.17, 15) is 10.1 Å². The van der Waals surface area contributed by atoms with Crippen LogP contribution in [-0.2, 0) is 0 Å². The largest absolute Gasteiger partial charge is 0.290 e. The van der Waals surface area contributed by atoms with Crippen LogP contribution in [0.5, 0.6) is 11.5 Å². The Balaban J connectivity index is 2.08. The highest BCUT2D eigenvalue weighted by molar-refractivity contribution is 6.32. The third-order valence-corrected chi connectivity index (χ3v) is 2.39. The van der Waals surface area contributed by atoms with E-state index >= 15 is 0 Å². The predicted octanol–water partition coefficient (Wildman–Crippen LogP) is 3.62. The summed E-state index contributed by atoms with van der Waals surface area (Å²) in [6.45, 7) is 0. The molecule has 0 spiro atoms. The van der Waals surface area contributed by atoms with Crippen LogP contribution >= 0.6 is 11.6 Å². The van der Waals surface area contributed by atoms with Crippen molar-refractivity contribution in [2.45, 2.75) is 0 Å². The minimum absolute atomic E-state index is 0.105. The number of hydrogen-bond acceptors (Lipinski definition) is 4. The van der Waals surface area contributed by atoms with E-state index < -0.39 is 4.92 Å². The summed E-state index contributed by atoms with van der Waals surface area (Å²) in [5.41, 5.74) is -0.105. The summed E-state index contributed by atoms with van der Waals surface area (Å²) in [5.74, 6) is 0.720. The lowest BCUT2D eigenvalue weighted by atomic mass is 10.3. The van der Waals surface area contributed by atoms with Gasteiger partial charge in [0.2, 0.25) is 0 Å². The number of benzene rings is 2. The molecule has 0 fully saturated rings. The fourth-order valence-electron chi connectivity index (χ4n) is 1.24. The summed E-state index contributed by atoms with van der Waals surface area (Å²) in [7, 11) is 0. The van der Waals surface area contributed by atoms with Crippen LogP contribution in [0, 0.1) is 10.1 Å². The monoisotopic (exact) mass is 265 g/mol. The first-order valence-corrected chi connectivity index (χ1v) is 5.38. The smallest absolute Gasteiger partial charge is 0.271 e. The molecule has 0 N–H and O–H groups in total. The first kappa shape index (κ1) is 12.2. The zero-order valence-electron chi connectivity index (χ0n) is 9.08. The highest BCUT2D eigenvalue weighted by Gasteiger charge is 2.11. The molecule has 0 aromatic heterocycles. The highest BCUT2D eigenvalue weighted by Crippen LogP contribution is 2.29. The van der Waals surface area contributed by atoms with Gasteiger partial charge in [-0.2, -0.15) is 0 Å². The van der Waals surface area contributed by atoms with Crippen LogP contribution in [-0.4, -0.2) is 4.92 Å². The van der Waals surface area contributed by atoms with Gasteiger partial charge in [-0.1, -0.05) is 29.8 Å². The van der Waals surface area contributed by atoms with Crippen molar-refractivity contribution >= 4 is 17.3 Å². The van der Waals surface area contributed by atoms with Crippen LogP contribution in [0.4, 0.5) is 5.69 Å².